The Labute approximate surface area is 203 Å². The second-order valence-corrected chi connectivity index (χ2v) is 7.02. The van der Waals surface area contributed by atoms with Crippen LogP contribution < -0.4 is 29.6 Å². The predicted octanol–water partition coefficient (Wildman–Crippen LogP) is -1.95. The summed E-state index contributed by atoms with van der Waals surface area (Å²) in [6.45, 7) is 1.08. The van der Waals surface area contributed by atoms with Crippen LogP contribution in [0.15, 0.2) is 42.5 Å². The first kappa shape index (κ1) is 28.9. The second kappa shape index (κ2) is 16.6. The van der Waals surface area contributed by atoms with Crippen molar-refractivity contribution in [1.29, 1.82) is 0 Å². The monoisotopic (exact) mass is 427 g/mol. The van der Waals surface area contributed by atoms with Crippen molar-refractivity contribution in [3.8, 4) is 0 Å². The first-order chi connectivity index (χ1) is 13.6. The summed E-state index contributed by atoms with van der Waals surface area (Å²) in [5.41, 5.74) is 1.09. The molecule has 0 spiro atoms. The van der Waals surface area contributed by atoms with E-state index in [4.69, 9.17) is 4.74 Å². The second-order valence-electron chi connectivity index (χ2n) is 7.02. The van der Waals surface area contributed by atoms with Gasteiger partial charge in [0, 0.05) is 26.0 Å². The predicted molar refractivity (Wildman–Crippen MR) is 118 cm³/mol. The van der Waals surface area contributed by atoms with Gasteiger partial charge >= 0.3 is 35.5 Å². The van der Waals surface area contributed by atoms with Gasteiger partial charge in [-0.15, -0.1) is 0 Å². The number of carbonyl (C=O) groups excluding carboxylic acids is 2. The topological polar surface area (TPSA) is 76.1 Å². The number of esters is 1. The van der Waals surface area contributed by atoms with Crippen molar-refractivity contribution in [3.05, 3.63) is 48.0 Å². The zero-order valence-corrected chi connectivity index (χ0v) is 19.6. The fourth-order valence-corrected chi connectivity index (χ4v) is 3.32. The Balaban J connectivity index is 0.00000420. The van der Waals surface area contributed by atoms with Crippen LogP contribution in [-0.2, 0) is 25.5 Å². The number of rotatable bonds is 11. The molecule has 1 aliphatic rings. The third-order valence-corrected chi connectivity index (χ3v) is 4.84. The Bertz CT molecular complexity index is 644. The molecule has 0 aliphatic carbocycles. The van der Waals surface area contributed by atoms with Crippen molar-refractivity contribution in [2.45, 2.75) is 50.7 Å². The molecule has 0 saturated carbocycles. The van der Waals surface area contributed by atoms with Gasteiger partial charge in [0.05, 0.1) is 19.3 Å². The number of benzene rings is 1. The van der Waals surface area contributed by atoms with Gasteiger partial charge in [-0.25, -0.2) is 4.79 Å². The molecule has 1 aromatic carbocycles. The van der Waals surface area contributed by atoms with E-state index in [0.29, 0.717) is 26.0 Å². The largest absolute Gasteiger partial charge is 1.00 e. The molecule has 2 rings (SSSR count). The van der Waals surface area contributed by atoms with Crippen molar-refractivity contribution < 1.29 is 53.7 Å². The summed E-state index contributed by atoms with van der Waals surface area (Å²) in [6, 6.07) is 9.90. The zero-order valence-electron chi connectivity index (χ0n) is 17.6. The maximum absolute atomic E-state index is 12.3. The molecule has 1 aromatic rings. The van der Waals surface area contributed by atoms with Gasteiger partial charge in [0.1, 0.15) is 6.61 Å². The Hall–Kier alpha value is -1.12. The minimum absolute atomic E-state index is 0. The molecule has 1 saturated heterocycles. The molecule has 0 aromatic heterocycles. The van der Waals surface area contributed by atoms with Gasteiger partial charge in [0.15, 0.2) is 0 Å². The number of unbranched alkanes of at least 4 members (excludes halogenated alkanes) is 1. The van der Waals surface area contributed by atoms with E-state index < -0.39 is 6.10 Å². The van der Waals surface area contributed by atoms with Crippen LogP contribution >= 0.6 is 0 Å². The molecular weight excluding hydrogens is 392 g/mol. The van der Waals surface area contributed by atoms with Crippen LogP contribution in [0.1, 0.15) is 37.7 Å². The molecule has 0 bridgehead atoms. The van der Waals surface area contributed by atoms with E-state index in [-0.39, 0.29) is 62.5 Å². The number of aliphatic hydroxyl groups excluding tert-OH is 1. The van der Waals surface area contributed by atoms with Gasteiger partial charge in [0.2, 0.25) is 5.91 Å². The number of methoxy groups -OCH3 is 1. The summed E-state index contributed by atoms with van der Waals surface area (Å²) >= 11 is 0. The van der Waals surface area contributed by atoms with Gasteiger partial charge in [-0.1, -0.05) is 50.9 Å². The number of piperidine rings is 1. The summed E-state index contributed by atoms with van der Waals surface area (Å²) in [5.74, 6) is -0.223. The van der Waals surface area contributed by atoms with Gasteiger partial charge in [-0.2, -0.15) is 0 Å². The molecule has 1 aliphatic heterocycles. The first-order valence-electron chi connectivity index (χ1n) is 9.94. The minimum Gasteiger partial charge on any atom is -0.467 e. The van der Waals surface area contributed by atoms with Crippen molar-refractivity contribution >= 4 is 20.3 Å². The van der Waals surface area contributed by atoms with Crippen LogP contribution in [-0.4, -0.2) is 69.3 Å². The number of carbonyl (C=O) groups is 2. The maximum Gasteiger partial charge on any atom is 1.00 e. The van der Waals surface area contributed by atoms with Gasteiger partial charge < -0.3 is 19.5 Å². The molecule has 1 N–H and O–H groups in total. The standard InChI is InChI=1S/C22H31NO5.BH4.Na/c1-27-22(26)17-28-15-6-5-14-23-19(10-7-11-21(23)25)12-13-20(24)16-18-8-3-2-4-9-18;;/h2-4,8-9,12-13,19-20,24H,5-7,10-11,14-17H2,1H3;1H4;/q;-1;+1/t19-,20?;;/m1../s1. The fraction of sp³-hybridized carbons (Fsp3) is 0.545. The van der Waals surface area contributed by atoms with Crippen molar-refractivity contribution in [1.82, 2.24) is 4.90 Å². The molecule has 1 amide bonds. The van der Waals surface area contributed by atoms with E-state index in [9.17, 15) is 14.7 Å². The van der Waals surface area contributed by atoms with Crippen LogP contribution in [0.4, 0.5) is 0 Å². The summed E-state index contributed by atoms with van der Waals surface area (Å²) in [6.07, 6.45) is 7.73. The third-order valence-electron chi connectivity index (χ3n) is 4.84. The average Bonchev–Trinajstić information content (AvgIpc) is 2.70. The molecule has 0 radical (unpaired) electrons. The Kier molecular flexibility index (Phi) is 15.9. The molecule has 1 heterocycles. The van der Waals surface area contributed by atoms with E-state index in [1.807, 2.05) is 47.4 Å². The SMILES string of the molecule is COC(=O)COCCCCN1C(=O)CCC[C@@H]1C=CC(O)Cc1ccccc1.[BH4-].[Na+]. The zero-order chi connectivity index (χ0) is 20.2. The number of aliphatic hydroxyl groups is 1. The molecule has 1 unspecified atom stereocenters. The quantitative estimate of drug-likeness (QED) is 0.192. The van der Waals surface area contributed by atoms with Crippen LogP contribution in [0.25, 0.3) is 0 Å². The van der Waals surface area contributed by atoms with E-state index in [2.05, 4.69) is 4.74 Å². The Morgan fingerprint density at radius 1 is 1.30 bits per heavy atom. The molecule has 162 valence electrons. The number of likely N-dealkylation sites (tertiary alicyclic amines) is 1. The Morgan fingerprint density at radius 3 is 2.73 bits per heavy atom. The summed E-state index contributed by atoms with van der Waals surface area (Å²) in [5, 5.41) is 10.3. The molecule has 6 nitrogen and oxygen atoms in total. The van der Waals surface area contributed by atoms with Gasteiger partial charge in [-0.05, 0) is 31.2 Å². The number of amides is 1. The van der Waals surface area contributed by atoms with E-state index >= 15 is 0 Å². The van der Waals surface area contributed by atoms with Crippen molar-refractivity contribution in [3.63, 3.8) is 0 Å². The van der Waals surface area contributed by atoms with Crippen LogP contribution in [0, 0.1) is 0 Å². The number of nitrogens with zero attached hydrogens (tertiary/aromatic N) is 1. The number of hydrogen-bond acceptors (Lipinski definition) is 5. The fourth-order valence-electron chi connectivity index (χ4n) is 3.32. The van der Waals surface area contributed by atoms with E-state index in [1.165, 1.54) is 7.11 Å². The van der Waals surface area contributed by atoms with Crippen molar-refractivity contribution in [2.24, 2.45) is 0 Å². The molecular formula is C22H35BNNaO5. The van der Waals surface area contributed by atoms with Crippen molar-refractivity contribution in [2.75, 3.05) is 26.9 Å². The summed E-state index contributed by atoms with van der Waals surface area (Å²) in [4.78, 5) is 25.2. The van der Waals surface area contributed by atoms with Crippen LogP contribution in [0.5, 0.6) is 0 Å². The minimum atomic E-state index is -0.562. The average molecular weight is 427 g/mol. The molecule has 1 fully saturated rings. The van der Waals surface area contributed by atoms with E-state index in [1.54, 1.807) is 0 Å². The number of hydrogen-bond donors (Lipinski definition) is 1. The van der Waals surface area contributed by atoms with Gasteiger partial charge in [0.25, 0.3) is 0 Å². The van der Waals surface area contributed by atoms with Crippen LogP contribution in [0.2, 0.25) is 0 Å². The summed E-state index contributed by atoms with van der Waals surface area (Å²) in [7, 11) is 1.33. The van der Waals surface area contributed by atoms with E-state index in [0.717, 1.165) is 31.2 Å². The van der Waals surface area contributed by atoms with Crippen LogP contribution in [0.3, 0.4) is 0 Å². The Morgan fingerprint density at radius 2 is 2.03 bits per heavy atom. The van der Waals surface area contributed by atoms with Gasteiger partial charge in [-0.3, -0.25) is 4.79 Å². The molecule has 30 heavy (non-hydrogen) atoms. The summed E-state index contributed by atoms with van der Waals surface area (Å²) < 4.78 is 9.76. The number of ether oxygens (including phenoxy) is 2. The first-order valence-corrected chi connectivity index (χ1v) is 9.94. The molecule has 8 heteroatoms. The third kappa shape index (κ3) is 10.8. The normalized spacial score (nSPS) is 17.2. The maximum atomic E-state index is 12.3. The smallest absolute Gasteiger partial charge is 0.467 e. The molecule has 2 atom stereocenters.